The maximum Gasteiger partial charge on any atom is 0.234 e. The van der Waals surface area contributed by atoms with E-state index in [0.717, 1.165) is 0 Å². The Balaban J connectivity index is 1.90. The lowest BCUT2D eigenvalue weighted by Gasteiger charge is -2.06. The van der Waals surface area contributed by atoms with Gasteiger partial charge in [-0.3, -0.25) is 0 Å². The molecule has 2 unspecified atom stereocenters. The largest absolute Gasteiger partial charge is 0.379 e. The minimum atomic E-state index is -0.486. The molecule has 5 nitrogen and oxygen atoms in total. The summed E-state index contributed by atoms with van der Waals surface area (Å²) in [5, 5.41) is 3.88. The van der Waals surface area contributed by atoms with Crippen molar-refractivity contribution in [1.82, 2.24) is 10.1 Å². The summed E-state index contributed by atoms with van der Waals surface area (Å²) < 4.78 is 23.5. The monoisotopic (exact) mass is 283 g/mol. The molecule has 1 aromatic carbocycles. The maximum atomic E-state index is 13.1. The molecule has 1 aliphatic heterocycles. The first-order valence-corrected chi connectivity index (χ1v) is 6.15. The normalized spacial score (nSPS) is 22.9. The number of rotatable bonds is 2. The molecule has 1 saturated heterocycles. The van der Waals surface area contributed by atoms with Crippen molar-refractivity contribution in [3.8, 4) is 11.4 Å². The van der Waals surface area contributed by atoms with Gasteiger partial charge >= 0.3 is 0 Å². The van der Waals surface area contributed by atoms with Crippen LogP contribution in [0.2, 0.25) is 5.02 Å². The van der Waals surface area contributed by atoms with E-state index in [2.05, 4.69) is 10.1 Å². The van der Waals surface area contributed by atoms with Gasteiger partial charge in [-0.25, -0.2) is 4.39 Å². The summed E-state index contributed by atoms with van der Waals surface area (Å²) in [6.45, 7) is 0.942. The van der Waals surface area contributed by atoms with Gasteiger partial charge in [-0.2, -0.15) is 4.98 Å². The van der Waals surface area contributed by atoms with Gasteiger partial charge in [-0.1, -0.05) is 16.8 Å². The number of ether oxygens (including phenoxy) is 1. The van der Waals surface area contributed by atoms with Crippen LogP contribution < -0.4 is 5.73 Å². The molecule has 2 N–H and O–H groups in total. The topological polar surface area (TPSA) is 74.2 Å². The average Bonchev–Trinajstić information content (AvgIpc) is 3.01. The molecule has 100 valence electrons. The van der Waals surface area contributed by atoms with Crippen LogP contribution in [0.3, 0.4) is 0 Å². The van der Waals surface area contributed by atoms with Gasteiger partial charge < -0.3 is 15.0 Å². The van der Waals surface area contributed by atoms with E-state index in [9.17, 15) is 4.39 Å². The second-order valence-corrected chi connectivity index (χ2v) is 4.80. The molecular weight excluding hydrogens is 273 g/mol. The van der Waals surface area contributed by atoms with Crippen molar-refractivity contribution in [3.05, 3.63) is 34.9 Å². The Morgan fingerprint density at radius 1 is 1.37 bits per heavy atom. The highest BCUT2D eigenvalue weighted by atomic mass is 35.5. The first-order chi connectivity index (χ1) is 9.15. The van der Waals surface area contributed by atoms with Crippen LogP contribution in [0.5, 0.6) is 0 Å². The summed E-state index contributed by atoms with van der Waals surface area (Å²) in [6.07, 6.45) is 0. The van der Waals surface area contributed by atoms with Crippen molar-refractivity contribution in [2.45, 2.75) is 12.0 Å². The fourth-order valence-electron chi connectivity index (χ4n) is 1.96. The zero-order valence-corrected chi connectivity index (χ0v) is 10.6. The number of halogens is 2. The molecule has 0 saturated carbocycles. The Labute approximate surface area is 113 Å². The van der Waals surface area contributed by atoms with Gasteiger partial charge in [0.15, 0.2) is 0 Å². The fraction of sp³-hybridized carbons (Fsp3) is 0.333. The molecule has 0 amide bonds. The van der Waals surface area contributed by atoms with Crippen LogP contribution in [0, 0.1) is 5.82 Å². The third-order valence-electron chi connectivity index (χ3n) is 3.06. The summed E-state index contributed by atoms with van der Waals surface area (Å²) in [6, 6.07) is 4.11. The maximum absolute atomic E-state index is 13.1. The van der Waals surface area contributed by atoms with E-state index in [-0.39, 0.29) is 17.0 Å². The first-order valence-electron chi connectivity index (χ1n) is 5.77. The second-order valence-electron chi connectivity index (χ2n) is 4.39. The molecule has 1 fully saturated rings. The van der Waals surface area contributed by atoms with Crippen LogP contribution in [0.25, 0.3) is 11.4 Å². The molecule has 0 spiro atoms. The van der Waals surface area contributed by atoms with Gasteiger partial charge in [0.05, 0.1) is 24.2 Å². The van der Waals surface area contributed by atoms with Crippen LogP contribution in [0.15, 0.2) is 22.7 Å². The van der Waals surface area contributed by atoms with Crippen LogP contribution in [-0.2, 0) is 4.74 Å². The molecular formula is C12H11ClFN3O2. The zero-order valence-electron chi connectivity index (χ0n) is 9.85. The molecule has 19 heavy (non-hydrogen) atoms. The van der Waals surface area contributed by atoms with E-state index < -0.39 is 5.82 Å². The van der Waals surface area contributed by atoms with Crippen molar-refractivity contribution in [1.29, 1.82) is 0 Å². The van der Waals surface area contributed by atoms with Gasteiger partial charge in [0.25, 0.3) is 0 Å². The van der Waals surface area contributed by atoms with E-state index in [1.54, 1.807) is 6.07 Å². The van der Waals surface area contributed by atoms with Crippen LogP contribution in [-0.4, -0.2) is 29.4 Å². The lowest BCUT2D eigenvalue weighted by atomic mass is 10.1. The lowest BCUT2D eigenvalue weighted by molar-refractivity contribution is 0.187. The quantitative estimate of drug-likeness (QED) is 0.912. The minimum Gasteiger partial charge on any atom is -0.379 e. The summed E-state index contributed by atoms with van der Waals surface area (Å²) in [5.41, 5.74) is 6.47. The predicted octanol–water partition coefficient (Wildman–Crippen LogP) is 1.97. The van der Waals surface area contributed by atoms with Crippen LogP contribution in [0.4, 0.5) is 4.39 Å². The minimum absolute atomic E-state index is 0.0183. The number of benzene rings is 1. The van der Waals surface area contributed by atoms with Crippen molar-refractivity contribution in [2.24, 2.45) is 5.73 Å². The smallest absolute Gasteiger partial charge is 0.234 e. The summed E-state index contributed by atoms with van der Waals surface area (Å²) in [5.74, 6) is 0.203. The summed E-state index contributed by atoms with van der Waals surface area (Å²) in [7, 11) is 0. The van der Waals surface area contributed by atoms with Crippen LogP contribution in [0.1, 0.15) is 11.8 Å². The molecule has 0 bridgehead atoms. The Hall–Kier alpha value is -1.50. The predicted molar refractivity (Wildman–Crippen MR) is 66.2 cm³/mol. The molecule has 7 heteroatoms. The van der Waals surface area contributed by atoms with Crippen molar-refractivity contribution in [2.75, 3.05) is 13.2 Å². The number of aromatic nitrogens is 2. The Morgan fingerprint density at radius 3 is 2.89 bits per heavy atom. The summed E-state index contributed by atoms with van der Waals surface area (Å²) >= 11 is 5.72. The molecule has 3 rings (SSSR count). The Morgan fingerprint density at radius 2 is 2.21 bits per heavy atom. The van der Waals surface area contributed by atoms with E-state index in [0.29, 0.717) is 30.5 Å². The number of hydrogen-bond acceptors (Lipinski definition) is 5. The number of nitrogens with two attached hydrogens (primary N) is 1. The van der Waals surface area contributed by atoms with Crippen molar-refractivity contribution in [3.63, 3.8) is 0 Å². The van der Waals surface area contributed by atoms with E-state index >= 15 is 0 Å². The molecule has 0 aliphatic carbocycles. The summed E-state index contributed by atoms with van der Waals surface area (Å²) in [4.78, 5) is 4.26. The molecule has 1 aliphatic rings. The molecule has 2 heterocycles. The Bertz CT molecular complexity index is 604. The fourth-order valence-corrected chi connectivity index (χ4v) is 2.14. The van der Waals surface area contributed by atoms with Gasteiger partial charge in [0.1, 0.15) is 5.82 Å². The first kappa shape index (κ1) is 12.5. The second kappa shape index (κ2) is 4.88. The SMILES string of the molecule is NC1COCC1c1nc(-c2ccc(F)c(Cl)c2)no1. The molecule has 1 aromatic heterocycles. The zero-order chi connectivity index (χ0) is 13.4. The van der Waals surface area contributed by atoms with E-state index in [1.165, 1.54) is 12.1 Å². The van der Waals surface area contributed by atoms with Gasteiger partial charge in [0, 0.05) is 11.6 Å². The van der Waals surface area contributed by atoms with E-state index in [4.69, 9.17) is 26.6 Å². The van der Waals surface area contributed by atoms with Crippen LogP contribution >= 0.6 is 11.6 Å². The van der Waals surface area contributed by atoms with Gasteiger partial charge in [-0.05, 0) is 18.2 Å². The number of hydrogen-bond donors (Lipinski definition) is 1. The van der Waals surface area contributed by atoms with Crippen molar-refractivity contribution < 1.29 is 13.7 Å². The highest BCUT2D eigenvalue weighted by molar-refractivity contribution is 6.31. The molecule has 0 radical (unpaired) electrons. The average molecular weight is 284 g/mol. The third kappa shape index (κ3) is 2.34. The Kier molecular flexibility index (Phi) is 3.22. The highest BCUT2D eigenvalue weighted by Gasteiger charge is 2.31. The third-order valence-corrected chi connectivity index (χ3v) is 3.35. The van der Waals surface area contributed by atoms with Crippen molar-refractivity contribution >= 4 is 11.6 Å². The van der Waals surface area contributed by atoms with E-state index in [1.807, 2.05) is 0 Å². The number of nitrogens with zero attached hydrogens (tertiary/aromatic N) is 2. The standard InChI is InChI=1S/C12H11ClFN3O2/c13-8-3-6(1-2-9(8)14)11-16-12(19-17-11)7-4-18-5-10(7)15/h1-3,7,10H,4-5,15H2. The highest BCUT2D eigenvalue weighted by Crippen LogP contribution is 2.27. The lowest BCUT2D eigenvalue weighted by Crippen LogP contribution is -2.26. The van der Waals surface area contributed by atoms with Gasteiger partial charge in [-0.15, -0.1) is 0 Å². The molecule has 2 aromatic rings. The molecule has 2 atom stereocenters. The van der Waals surface area contributed by atoms with Gasteiger partial charge in [0.2, 0.25) is 11.7 Å².